The molecule has 2 nitrogen and oxygen atoms in total. The molecular weight excluding hydrogens is 669 g/mol. The molecule has 306 valence electrons. The van der Waals surface area contributed by atoms with Gasteiger partial charge in [-0.2, -0.15) is 0 Å². The third-order valence-electron chi connectivity index (χ3n) is 10.9. The van der Waals surface area contributed by atoms with Gasteiger partial charge in [0.05, 0.1) is 0 Å². The molecule has 0 unspecified atom stereocenters. The zero-order valence-electron chi connectivity index (χ0n) is 37.7. The van der Waals surface area contributed by atoms with E-state index in [9.17, 15) is 10.2 Å². The van der Waals surface area contributed by atoms with Gasteiger partial charge in [-0.15, -0.1) is 0 Å². The van der Waals surface area contributed by atoms with Gasteiger partial charge in [0.1, 0.15) is 11.5 Å². The van der Waals surface area contributed by atoms with E-state index in [2.05, 4.69) is 124 Å². The summed E-state index contributed by atoms with van der Waals surface area (Å²) in [6.45, 7) is 26.2. The second kappa shape index (κ2) is 28.8. The standard InChI is InChI=1S/C53H82O2/c1-40(2)21-13-22-41(3)23-14-24-42(4)25-15-26-43(5)27-16-28-44(6)29-17-30-45(7)31-18-32-46(8)33-19-34-47(9)35-20-36-48(10)37-38-51-39-52(54)49(11)50(12)53(51)55/h21,23,25,27,29,31,33,35,37,39,54-55H,13-20,22,24,26,28,30,32,34,36,38H2,1-12H3. The Bertz CT molecular complexity index is 1590. The molecule has 0 aliphatic carbocycles. The van der Waals surface area contributed by atoms with Crippen LogP contribution in [0.25, 0.3) is 0 Å². The third-order valence-corrected chi connectivity index (χ3v) is 10.9. The maximum atomic E-state index is 10.4. The fraction of sp³-hybridized carbons (Fsp3) is 0.547. The molecule has 0 spiro atoms. The molecule has 1 aromatic carbocycles. The highest BCUT2D eigenvalue weighted by Gasteiger charge is 2.10. The predicted molar refractivity (Wildman–Crippen MR) is 246 cm³/mol. The van der Waals surface area contributed by atoms with Crippen LogP contribution in [0.4, 0.5) is 0 Å². The number of benzene rings is 1. The van der Waals surface area contributed by atoms with Crippen molar-refractivity contribution in [1.29, 1.82) is 0 Å². The van der Waals surface area contributed by atoms with Crippen LogP contribution in [0.5, 0.6) is 11.5 Å². The Morgan fingerprint density at radius 1 is 0.382 bits per heavy atom. The first kappa shape index (κ1) is 49.5. The van der Waals surface area contributed by atoms with Crippen LogP contribution in [0, 0.1) is 13.8 Å². The molecule has 0 saturated heterocycles. The Balaban J connectivity index is 2.28. The zero-order chi connectivity index (χ0) is 41.2. The van der Waals surface area contributed by atoms with Crippen molar-refractivity contribution in [2.75, 3.05) is 0 Å². The van der Waals surface area contributed by atoms with Gasteiger partial charge in [-0.25, -0.2) is 0 Å². The fourth-order valence-corrected chi connectivity index (χ4v) is 6.62. The Kier molecular flexibility index (Phi) is 25.9. The van der Waals surface area contributed by atoms with E-state index in [4.69, 9.17) is 0 Å². The van der Waals surface area contributed by atoms with Gasteiger partial charge in [0.15, 0.2) is 0 Å². The molecule has 0 fully saturated rings. The summed E-state index contributed by atoms with van der Waals surface area (Å²) in [6.07, 6.45) is 40.3. The van der Waals surface area contributed by atoms with Crippen molar-refractivity contribution in [2.45, 2.75) is 192 Å². The highest BCUT2D eigenvalue weighted by Crippen LogP contribution is 2.32. The van der Waals surface area contributed by atoms with Crippen molar-refractivity contribution in [2.24, 2.45) is 0 Å². The largest absolute Gasteiger partial charge is 0.508 e. The van der Waals surface area contributed by atoms with Crippen LogP contribution in [0.3, 0.4) is 0 Å². The molecule has 0 radical (unpaired) electrons. The minimum atomic E-state index is 0.255. The van der Waals surface area contributed by atoms with Crippen molar-refractivity contribution < 1.29 is 10.2 Å². The third kappa shape index (κ3) is 24.6. The number of allylic oxidation sites excluding steroid dienone is 18. The Morgan fingerprint density at radius 2 is 0.636 bits per heavy atom. The van der Waals surface area contributed by atoms with E-state index in [1.807, 2.05) is 13.8 Å². The Labute approximate surface area is 340 Å². The Morgan fingerprint density at radius 3 is 0.909 bits per heavy atom. The van der Waals surface area contributed by atoms with Crippen molar-refractivity contribution >= 4 is 0 Å². The smallest absolute Gasteiger partial charge is 0.122 e. The summed E-state index contributed by atoms with van der Waals surface area (Å²) in [4.78, 5) is 0. The SMILES string of the molecule is CC(C)=CCCC(C)=CCCC(C)=CCCC(C)=CCCC(C)=CCCC(C)=CCCC(C)=CCCC(C)=CCCC(C)=CCc1cc(O)c(C)c(C)c1O. The van der Waals surface area contributed by atoms with Crippen LogP contribution in [0.15, 0.2) is 111 Å². The van der Waals surface area contributed by atoms with Crippen molar-refractivity contribution in [3.05, 3.63) is 128 Å². The summed E-state index contributed by atoms with van der Waals surface area (Å²) < 4.78 is 0. The van der Waals surface area contributed by atoms with Crippen LogP contribution in [0.1, 0.15) is 189 Å². The number of phenols is 2. The molecule has 0 heterocycles. The van der Waals surface area contributed by atoms with E-state index in [-0.39, 0.29) is 5.75 Å². The summed E-state index contributed by atoms with van der Waals surface area (Å²) in [5.74, 6) is 0.554. The van der Waals surface area contributed by atoms with Crippen molar-refractivity contribution in [1.82, 2.24) is 0 Å². The molecule has 2 N–H and O–H groups in total. The quantitative estimate of drug-likeness (QED) is 0.0731. The first-order valence-corrected chi connectivity index (χ1v) is 21.5. The summed E-state index contributed by atoms with van der Waals surface area (Å²) in [6, 6.07) is 1.69. The molecule has 0 saturated carbocycles. The molecule has 0 aliphatic rings. The first-order chi connectivity index (χ1) is 26.1. The van der Waals surface area contributed by atoms with Crippen LogP contribution >= 0.6 is 0 Å². The molecule has 0 atom stereocenters. The lowest BCUT2D eigenvalue weighted by Crippen LogP contribution is -1.91. The van der Waals surface area contributed by atoms with E-state index < -0.39 is 0 Å². The van der Waals surface area contributed by atoms with Crippen molar-refractivity contribution in [3.63, 3.8) is 0 Å². The summed E-state index contributed by atoms with van der Waals surface area (Å²) in [7, 11) is 0. The first-order valence-electron chi connectivity index (χ1n) is 21.5. The van der Waals surface area contributed by atoms with Gasteiger partial charge in [-0.05, 0) is 209 Å². The monoisotopic (exact) mass is 751 g/mol. The fourth-order valence-electron chi connectivity index (χ4n) is 6.62. The maximum Gasteiger partial charge on any atom is 0.122 e. The number of rotatable bonds is 26. The van der Waals surface area contributed by atoms with Gasteiger partial charge in [0.2, 0.25) is 0 Å². The lowest BCUT2D eigenvalue weighted by Gasteiger charge is -2.10. The second-order valence-electron chi connectivity index (χ2n) is 16.9. The minimum absolute atomic E-state index is 0.255. The number of phenolic OH excluding ortho intramolecular Hbond substituents is 2. The van der Waals surface area contributed by atoms with Gasteiger partial charge in [-0.3, -0.25) is 0 Å². The summed E-state index contributed by atoms with van der Waals surface area (Å²) in [5, 5.41) is 20.6. The number of aromatic hydroxyl groups is 2. The van der Waals surface area contributed by atoms with Crippen LogP contribution in [-0.2, 0) is 6.42 Å². The lowest BCUT2D eigenvalue weighted by atomic mass is 9.99. The average Bonchev–Trinajstić information content (AvgIpc) is 3.11. The number of hydrogen-bond acceptors (Lipinski definition) is 2. The lowest BCUT2D eigenvalue weighted by molar-refractivity contribution is 0.448. The topological polar surface area (TPSA) is 40.5 Å². The summed E-state index contributed by atoms with van der Waals surface area (Å²) >= 11 is 0. The normalized spacial score (nSPS) is 14.3. The molecule has 0 aliphatic heterocycles. The van der Waals surface area contributed by atoms with E-state index >= 15 is 0 Å². The van der Waals surface area contributed by atoms with Gasteiger partial charge >= 0.3 is 0 Å². The van der Waals surface area contributed by atoms with Crippen LogP contribution < -0.4 is 0 Å². The maximum absolute atomic E-state index is 10.4. The van der Waals surface area contributed by atoms with E-state index in [0.717, 1.165) is 100 Å². The molecule has 1 aromatic rings. The molecule has 0 bridgehead atoms. The second-order valence-corrected chi connectivity index (χ2v) is 16.9. The zero-order valence-corrected chi connectivity index (χ0v) is 37.7. The molecule has 2 heteroatoms. The minimum Gasteiger partial charge on any atom is -0.508 e. The Hall–Kier alpha value is -3.52. The summed E-state index contributed by atoms with van der Waals surface area (Å²) in [5.41, 5.74) is 15.5. The average molecular weight is 751 g/mol. The van der Waals surface area contributed by atoms with Crippen LogP contribution in [-0.4, -0.2) is 10.2 Å². The molecule has 1 rings (SSSR count). The molecule has 0 amide bonds. The predicted octanol–water partition coefficient (Wildman–Crippen LogP) is 17.0. The molecule has 0 aromatic heterocycles. The molecule has 55 heavy (non-hydrogen) atoms. The van der Waals surface area contributed by atoms with Gasteiger partial charge in [0.25, 0.3) is 0 Å². The highest BCUT2D eigenvalue weighted by atomic mass is 16.3. The van der Waals surface area contributed by atoms with E-state index in [1.165, 1.54) is 69.4 Å². The number of hydrogen-bond donors (Lipinski definition) is 2. The van der Waals surface area contributed by atoms with E-state index in [0.29, 0.717) is 12.2 Å². The van der Waals surface area contributed by atoms with Crippen LogP contribution in [0.2, 0.25) is 0 Å². The van der Waals surface area contributed by atoms with Gasteiger partial charge in [0, 0.05) is 5.56 Å². The molecular formula is C53H82O2. The van der Waals surface area contributed by atoms with E-state index in [1.54, 1.807) is 6.07 Å². The highest BCUT2D eigenvalue weighted by molar-refractivity contribution is 5.51. The van der Waals surface area contributed by atoms with Gasteiger partial charge < -0.3 is 10.2 Å². The van der Waals surface area contributed by atoms with Gasteiger partial charge in [-0.1, -0.05) is 105 Å². The van der Waals surface area contributed by atoms with Crippen molar-refractivity contribution in [3.8, 4) is 11.5 Å².